The number of hydrogen-bond donors (Lipinski definition) is 0. The van der Waals surface area contributed by atoms with Crippen molar-refractivity contribution in [3.63, 3.8) is 0 Å². The summed E-state index contributed by atoms with van der Waals surface area (Å²) in [5.74, 6) is 1.12. The average molecular weight is 435 g/mol. The Hall–Kier alpha value is -2.16. The number of sulfonamides is 1. The lowest BCUT2D eigenvalue weighted by atomic mass is 10.1. The normalized spacial score (nSPS) is 18.2. The zero-order valence-electron chi connectivity index (χ0n) is 16.4. The molecule has 1 aliphatic heterocycles. The lowest BCUT2D eigenvalue weighted by Crippen LogP contribution is -2.38. The molecule has 1 saturated heterocycles. The van der Waals surface area contributed by atoms with Crippen molar-refractivity contribution in [1.29, 1.82) is 0 Å². The monoisotopic (exact) mass is 434 g/mol. The highest BCUT2D eigenvalue weighted by Gasteiger charge is 2.38. The van der Waals surface area contributed by atoms with E-state index in [1.807, 2.05) is 24.3 Å². The first-order valence-corrected chi connectivity index (χ1v) is 11.4. The van der Waals surface area contributed by atoms with Crippen molar-refractivity contribution in [3.8, 4) is 0 Å². The summed E-state index contributed by atoms with van der Waals surface area (Å²) in [5.41, 5.74) is 1.50. The van der Waals surface area contributed by atoms with E-state index in [2.05, 4.69) is 10.1 Å². The van der Waals surface area contributed by atoms with Gasteiger partial charge in [-0.3, -0.25) is 4.68 Å². The van der Waals surface area contributed by atoms with E-state index in [0.29, 0.717) is 41.8 Å². The fourth-order valence-electron chi connectivity index (χ4n) is 3.80. The third kappa shape index (κ3) is 4.10. The first-order chi connectivity index (χ1) is 13.8. The molecule has 3 aromatic rings. The van der Waals surface area contributed by atoms with Crippen LogP contribution in [0.4, 0.5) is 0 Å². The number of halogens is 1. The molecule has 154 valence electrons. The Morgan fingerprint density at radius 3 is 2.86 bits per heavy atom. The topological polar surface area (TPSA) is 81.2 Å². The highest BCUT2D eigenvalue weighted by atomic mass is 35.5. The summed E-state index contributed by atoms with van der Waals surface area (Å²) in [4.78, 5) is 4.65. The third-order valence-electron chi connectivity index (χ3n) is 5.13. The van der Waals surface area contributed by atoms with Crippen molar-refractivity contribution in [2.24, 2.45) is 7.05 Å². The zero-order chi connectivity index (χ0) is 20.6. The first kappa shape index (κ1) is 20.1. The largest absolute Gasteiger partial charge is 0.444 e. The van der Waals surface area contributed by atoms with Gasteiger partial charge in [-0.2, -0.15) is 9.40 Å². The van der Waals surface area contributed by atoms with Gasteiger partial charge in [-0.1, -0.05) is 30.2 Å². The van der Waals surface area contributed by atoms with Gasteiger partial charge in [0, 0.05) is 31.2 Å². The summed E-state index contributed by atoms with van der Waals surface area (Å²) in [7, 11) is -1.97. The van der Waals surface area contributed by atoms with Gasteiger partial charge >= 0.3 is 0 Å². The second-order valence-corrected chi connectivity index (χ2v) is 9.65. The predicted octanol–water partition coefficient (Wildman–Crippen LogP) is 3.88. The Bertz CT molecular complexity index is 1120. The van der Waals surface area contributed by atoms with Gasteiger partial charge in [-0.15, -0.1) is 0 Å². The molecular weight excluding hydrogens is 412 g/mol. The molecule has 0 saturated carbocycles. The van der Waals surface area contributed by atoms with Gasteiger partial charge in [-0.05, 0) is 37.5 Å². The highest BCUT2D eigenvalue weighted by molar-refractivity contribution is 7.89. The van der Waals surface area contributed by atoms with Crippen LogP contribution in [0.3, 0.4) is 0 Å². The maximum Gasteiger partial charge on any atom is 0.247 e. The maximum atomic E-state index is 13.3. The summed E-state index contributed by atoms with van der Waals surface area (Å²) >= 11 is 6.05. The highest BCUT2D eigenvalue weighted by Crippen LogP contribution is 2.36. The van der Waals surface area contributed by atoms with Crippen molar-refractivity contribution in [1.82, 2.24) is 19.1 Å². The van der Waals surface area contributed by atoms with Gasteiger partial charge in [-0.25, -0.2) is 13.4 Å². The van der Waals surface area contributed by atoms with Crippen LogP contribution in [-0.2, 0) is 23.5 Å². The molecule has 2 aromatic heterocycles. The lowest BCUT2D eigenvalue weighted by molar-refractivity contribution is 0.216. The van der Waals surface area contributed by atoms with Crippen molar-refractivity contribution >= 4 is 21.6 Å². The number of oxazole rings is 1. The molecule has 1 aromatic carbocycles. The number of nitrogens with zero attached hydrogens (tertiary/aromatic N) is 4. The average Bonchev–Trinajstić information content (AvgIpc) is 3.28. The zero-order valence-corrected chi connectivity index (χ0v) is 17.9. The standard InChI is InChI=1S/C20H23ClN4O3S/c1-14-19(13-24(2)23-14)29(26,27)25-9-4-3-8-18(25)20-22-12-17(28-20)11-15-6-5-7-16(21)10-15/h5-7,10,12-13,18H,3-4,8-9,11H2,1-2H3/t18-/m1/s1. The summed E-state index contributed by atoms with van der Waals surface area (Å²) in [6, 6.07) is 7.15. The van der Waals surface area contributed by atoms with E-state index < -0.39 is 16.1 Å². The molecule has 0 N–H and O–H groups in total. The number of hydrogen-bond acceptors (Lipinski definition) is 5. The second-order valence-electron chi connectivity index (χ2n) is 7.35. The van der Waals surface area contributed by atoms with Crippen molar-refractivity contribution in [2.45, 2.75) is 43.5 Å². The minimum absolute atomic E-state index is 0.234. The number of aryl methyl sites for hydroxylation is 2. The van der Waals surface area contributed by atoms with Crippen LogP contribution >= 0.6 is 11.6 Å². The Morgan fingerprint density at radius 1 is 1.31 bits per heavy atom. The molecule has 7 nitrogen and oxygen atoms in total. The van der Waals surface area contributed by atoms with E-state index in [-0.39, 0.29) is 4.90 Å². The van der Waals surface area contributed by atoms with E-state index in [1.165, 1.54) is 8.99 Å². The summed E-state index contributed by atoms with van der Waals surface area (Å²) < 4.78 is 35.7. The van der Waals surface area contributed by atoms with Gasteiger partial charge in [0.25, 0.3) is 0 Å². The Kier molecular flexibility index (Phi) is 5.50. The summed E-state index contributed by atoms with van der Waals surface area (Å²) in [6.45, 7) is 2.15. The third-order valence-corrected chi connectivity index (χ3v) is 7.38. The molecule has 29 heavy (non-hydrogen) atoms. The van der Waals surface area contributed by atoms with Gasteiger partial charge in [0.05, 0.1) is 11.9 Å². The molecule has 1 aliphatic rings. The van der Waals surface area contributed by atoms with Crippen LogP contribution < -0.4 is 0 Å². The molecule has 1 fully saturated rings. The lowest BCUT2D eigenvalue weighted by Gasteiger charge is -2.32. The molecule has 0 radical (unpaired) electrons. The van der Waals surface area contributed by atoms with E-state index in [0.717, 1.165) is 18.4 Å². The fraction of sp³-hybridized carbons (Fsp3) is 0.400. The molecule has 0 amide bonds. The van der Waals surface area contributed by atoms with Gasteiger partial charge in [0.1, 0.15) is 16.7 Å². The number of piperidine rings is 1. The molecule has 0 spiro atoms. The number of aromatic nitrogens is 3. The fourth-order valence-corrected chi connectivity index (χ4v) is 5.87. The minimum atomic E-state index is -3.69. The van der Waals surface area contributed by atoms with E-state index in [1.54, 1.807) is 26.4 Å². The van der Waals surface area contributed by atoms with Crippen LogP contribution in [0.5, 0.6) is 0 Å². The molecule has 0 aliphatic carbocycles. The molecule has 4 rings (SSSR count). The van der Waals surface area contributed by atoms with Gasteiger partial charge in [0.2, 0.25) is 15.9 Å². The summed E-state index contributed by atoms with van der Waals surface area (Å²) in [6.07, 6.45) is 6.19. The van der Waals surface area contributed by atoms with Crippen molar-refractivity contribution < 1.29 is 12.8 Å². The Labute approximate surface area is 175 Å². The van der Waals surface area contributed by atoms with Crippen LogP contribution in [0.15, 0.2) is 46.0 Å². The number of benzene rings is 1. The van der Waals surface area contributed by atoms with Crippen LogP contribution in [0, 0.1) is 6.92 Å². The number of rotatable bonds is 5. The van der Waals surface area contributed by atoms with Crippen molar-refractivity contribution in [3.05, 3.63) is 64.6 Å². The van der Waals surface area contributed by atoms with Crippen LogP contribution in [-0.4, -0.2) is 34.0 Å². The van der Waals surface area contributed by atoms with E-state index in [9.17, 15) is 8.42 Å². The van der Waals surface area contributed by atoms with Gasteiger partial charge < -0.3 is 4.42 Å². The van der Waals surface area contributed by atoms with E-state index in [4.69, 9.17) is 16.0 Å². The second kappa shape index (κ2) is 7.93. The van der Waals surface area contributed by atoms with Crippen LogP contribution in [0.1, 0.15) is 48.2 Å². The quantitative estimate of drug-likeness (QED) is 0.608. The van der Waals surface area contributed by atoms with Crippen LogP contribution in [0.2, 0.25) is 5.02 Å². The SMILES string of the molecule is Cc1nn(C)cc1S(=O)(=O)N1CCCC[C@@H]1c1ncc(Cc2cccc(Cl)c2)o1. The smallest absolute Gasteiger partial charge is 0.247 e. The first-order valence-electron chi connectivity index (χ1n) is 9.56. The molecule has 0 unspecified atom stereocenters. The Morgan fingerprint density at radius 2 is 2.14 bits per heavy atom. The molecule has 0 bridgehead atoms. The molecule has 1 atom stereocenters. The summed E-state index contributed by atoms with van der Waals surface area (Å²) in [5, 5.41) is 4.85. The maximum absolute atomic E-state index is 13.3. The Balaban J connectivity index is 1.61. The molecule has 9 heteroatoms. The minimum Gasteiger partial charge on any atom is -0.444 e. The van der Waals surface area contributed by atoms with E-state index >= 15 is 0 Å². The molecule has 3 heterocycles. The van der Waals surface area contributed by atoms with Gasteiger partial charge in [0.15, 0.2) is 0 Å². The molecular formula is C20H23ClN4O3S. The van der Waals surface area contributed by atoms with Crippen LogP contribution in [0.25, 0.3) is 0 Å². The predicted molar refractivity (Wildman–Crippen MR) is 109 cm³/mol. The van der Waals surface area contributed by atoms with Crippen molar-refractivity contribution in [2.75, 3.05) is 6.54 Å².